The standard InChI is InChI=1S/C18H28F3N3O3/c1-16(2,3)27-15(25)24-6-4-17(5-7-24)8-13(12-26-17)10-23-11-14(9-22)18(19,20)21/h9,11,13,22-23H,4-8,10,12H2,1-3H3/b14-11+,22-9?. The molecule has 0 aliphatic carbocycles. The van der Waals surface area contributed by atoms with Crippen molar-refractivity contribution in [1.82, 2.24) is 10.2 Å². The van der Waals surface area contributed by atoms with E-state index in [9.17, 15) is 18.0 Å². The number of nitrogens with zero attached hydrogens (tertiary/aromatic N) is 1. The highest BCUT2D eigenvalue weighted by molar-refractivity contribution is 5.77. The molecule has 27 heavy (non-hydrogen) atoms. The van der Waals surface area contributed by atoms with Gasteiger partial charge in [0.15, 0.2) is 0 Å². The Labute approximate surface area is 157 Å². The number of amides is 1. The van der Waals surface area contributed by atoms with E-state index in [0.29, 0.717) is 45.3 Å². The van der Waals surface area contributed by atoms with E-state index in [1.54, 1.807) is 4.90 Å². The molecule has 0 radical (unpaired) electrons. The number of halogens is 3. The number of likely N-dealkylation sites (tertiary alicyclic amines) is 1. The van der Waals surface area contributed by atoms with Crippen LogP contribution in [-0.2, 0) is 9.47 Å². The molecular weight excluding hydrogens is 363 g/mol. The van der Waals surface area contributed by atoms with Gasteiger partial charge in [-0.05, 0) is 40.0 Å². The summed E-state index contributed by atoms with van der Waals surface area (Å²) in [7, 11) is 0. The largest absolute Gasteiger partial charge is 0.444 e. The summed E-state index contributed by atoms with van der Waals surface area (Å²) in [6.07, 6.45) is -1.61. The second-order valence-corrected chi connectivity index (χ2v) is 8.18. The van der Waals surface area contributed by atoms with Crippen LogP contribution < -0.4 is 5.32 Å². The minimum Gasteiger partial charge on any atom is -0.444 e. The summed E-state index contributed by atoms with van der Waals surface area (Å²) in [6.45, 7) is 7.38. The first-order valence-corrected chi connectivity index (χ1v) is 9.07. The minimum atomic E-state index is -4.53. The van der Waals surface area contributed by atoms with E-state index in [1.165, 1.54) is 0 Å². The molecule has 1 atom stereocenters. The quantitative estimate of drug-likeness (QED) is 0.720. The van der Waals surface area contributed by atoms with Crippen LogP contribution in [-0.4, -0.2) is 60.8 Å². The van der Waals surface area contributed by atoms with Crippen molar-refractivity contribution in [3.8, 4) is 0 Å². The summed E-state index contributed by atoms with van der Waals surface area (Å²) in [4.78, 5) is 13.8. The van der Waals surface area contributed by atoms with Gasteiger partial charge in [0.25, 0.3) is 0 Å². The topological polar surface area (TPSA) is 74.7 Å². The predicted molar refractivity (Wildman–Crippen MR) is 94.8 cm³/mol. The van der Waals surface area contributed by atoms with E-state index in [-0.39, 0.29) is 17.6 Å². The Morgan fingerprint density at radius 1 is 1.33 bits per heavy atom. The van der Waals surface area contributed by atoms with Crippen LogP contribution in [0.1, 0.15) is 40.0 Å². The molecule has 2 saturated heterocycles. The summed E-state index contributed by atoms with van der Waals surface area (Å²) in [5.74, 6) is 0.0922. The van der Waals surface area contributed by atoms with Gasteiger partial charge in [0.2, 0.25) is 0 Å². The zero-order chi connectivity index (χ0) is 20.3. The van der Waals surface area contributed by atoms with Gasteiger partial charge in [-0.15, -0.1) is 0 Å². The summed E-state index contributed by atoms with van der Waals surface area (Å²) in [6, 6.07) is 0. The van der Waals surface area contributed by atoms with Crippen LogP contribution in [0.25, 0.3) is 0 Å². The Morgan fingerprint density at radius 3 is 2.48 bits per heavy atom. The zero-order valence-electron chi connectivity index (χ0n) is 16.0. The molecular formula is C18H28F3N3O3. The molecule has 2 aliphatic heterocycles. The van der Waals surface area contributed by atoms with E-state index in [2.05, 4.69) is 5.32 Å². The number of allylic oxidation sites excluding steroid dienone is 1. The first-order chi connectivity index (χ1) is 12.4. The summed E-state index contributed by atoms with van der Waals surface area (Å²) in [5.41, 5.74) is -1.86. The maximum Gasteiger partial charge on any atom is 0.419 e. The predicted octanol–water partition coefficient (Wildman–Crippen LogP) is 3.48. The molecule has 1 amide bonds. The SMILES string of the molecule is CC(C)(C)OC(=O)N1CCC2(CC1)CC(CN/C=C(\C=N)C(F)(F)F)CO2. The van der Waals surface area contributed by atoms with Crippen LogP contribution >= 0.6 is 0 Å². The van der Waals surface area contributed by atoms with Crippen LogP contribution in [0.15, 0.2) is 11.8 Å². The molecule has 9 heteroatoms. The van der Waals surface area contributed by atoms with Crippen molar-refractivity contribution in [2.75, 3.05) is 26.2 Å². The lowest BCUT2D eigenvalue weighted by molar-refractivity contribution is -0.0860. The third kappa shape index (κ3) is 6.12. The number of carbonyl (C=O) groups excluding carboxylic acids is 1. The Bertz CT molecular complexity index is 577. The van der Waals surface area contributed by atoms with E-state index in [0.717, 1.165) is 12.6 Å². The number of rotatable bonds is 4. The third-order valence-corrected chi connectivity index (χ3v) is 4.76. The number of piperidine rings is 1. The van der Waals surface area contributed by atoms with Crippen molar-refractivity contribution < 1.29 is 27.4 Å². The van der Waals surface area contributed by atoms with Crippen LogP contribution in [0.3, 0.4) is 0 Å². The lowest BCUT2D eigenvalue weighted by Gasteiger charge is -2.39. The molecule has 0 aromatic heterocycles. The fourth-order valence-corrected chi connectivity index (χ4v) is 3.38. The lowest BCUT2D eigenvalue weighted by atomic mass is 9.85. The fourth-order valence-electron chi connectivity index (χ4n) is 3.38. The first kappa shape index (κ1) is 21.5. The Balaban J connectivity index is 1.80. The van der Waals surface area contributed by atoms with E-state index >= 15 is 0 Å². The molecule has 0 aromatic carbocycles. The molecule has 2 heterocycles. The smallest absolute Gasteiger partial charge is 0.419 e. The lowest BCUT2D eigenvalue weighted by Crippen LogP contribution is -2.48. The van der Waals surface area contributed by atoms with Gasteiger partial charge in [0.1, 0.15) is 5.60 Å². The fraction of sp³-hybridized carbons (Fsp3) is 0.778. The van der Waals surface area contributed by atoms with Gasteiger partial charge >= 0.3 is 12.3 Å². The molecule has 1 unspecified atom stereocenters. The summed E-state index contributed by atoms with van der Waals surface area (Å²) in [5, 5.41) is 9.51. The molecule has 0 bridgehead atoms. The minimum absolute atomic E-state index is 0.0922. The van der Waals surface area contributed by atoms with Gasteiger partial charge in [0, 0.05) is 38.0 Å². The average molecular weight is 391 g/mol. The molecule has 1 spiro atoms. The number of hydrogen-bond acceptors (Lipinski definition) is 5. The highest BCUT2D eigenvalue weighted by atomic mass is 19.4. The molecule has 2 aliphatic rings. The van der Waals surface area contributed by atoms with Gasteiger partial charge in [-0.25, -0.2) is 4.79 Å². The summed E-state index contributed by atoms with van der Waals surface area (Å²) < 4.78 is 49.1. The normalized spacial score (nSPS) is 23.4. The molecule has 154 valence electrons. The molecule has 0 saturated carbocycles. The summed E-state index contributed by atoms with van der Waals surface area (Å²) >= 11 is 0. The maximum atomic E-state index is 12.6. The molecule has 2 rings (SSSR count). The number of nitrogens with one attached hydrogen (secondary N) is 2. The first-order valence-electron chi connectivity index (χ1n) is 9.07. The van der Waals surface area contributed by atoms with Crippen LogP contribution in [0.5, 0.6) is 0 Å². The second kappa shape index (κ2) is 8.08. The number of ether oxygens (including phenoxy) is 2. The van der Waals surface area contributed by atoms with Crippen LogP contribution in [0.2, 0.25) is 0 Å². The van der Waals surface area contributed by atoms with Crippen molar-refractivity contribution in [2.24, 2.45) is 5.92 Å². The third-order valence-electron chi connectivity index (χ3n) is 4.76. The van der Waals surface area contributed by atoms with Crippen molar-refractivity contribution in [2.45, 2.75) is 57.4 Å². The Kier molecular flexibility index (Phi) is 6.44. The van der Waals surface area contributed by atoms with Gasteiger partial charge in [-0.3, -0.25) is 0 Å². The van der Waals surface area contributed by atoms with Crippen LogP contribution in [0.4, 0.5) is 18.0 Å². The van der Waals surface area contributed by atoms with Crippen molar-refractivity contribution in [1.29, 1.82) is 5.41 Å². The highest BCUT2D eigenvalue weighted by Gasteiger charge is 2.43. The van der Waals surface area contributed by atoms with Gasteiger partial charge in [-0.2, -0.15) is 13.2 Å². The Morgan fingerprint density at radius 2 is 1.96 bits per heavy atom. The van der Waals surface area contributed by atoms with Gasteiger partial charge < -0.3 is 25.1 Å². The Hall–Kier alpha value is -1.77. The maximum absolute atomic E-state index is 12.6. The van der Waals surface area contributed by atoms with Crippen molar-refractivity contribution in [3.63, 3.8) is 0 Å². The average Bonchev–Trinajstić information content (AvgIpc) is 2.92. The van der Waals surface area contributed by atoms with Crippen LogP contribution in [0, 0.1) is 11.3 Å². The van der Waals surface area contributed by atoms with E-state index < -0.39 is 17.4 Å². The number of alkyl halides is 3. The monoisotopic (exact) mass is 391 g/mol. The number of carbonyl (C=O) groups is 1. The van der Waals surface area contributed by atoms with E-state index in [4.69, 9.17) is 14.9 Å². The van der Waals surface area contributed by atoms with Crippen molar-refractivity contribution >= 4 is 12.3 Å². The second-order valence-electron chi connectivity index (χ2n) is 8.18. The van der Waals surface area contributed by atoms with Crippen molar-refractivity contribution in [3.05, 3.63) is 11.8 Å². The highest BCUT2D eigenvalue weighted by Crippen LogP contribution is 2.38. The molecule has 2 fully saturated rings. The number of hydrogen-bond donors (Lipinski definition) is 2. The van der Waals surface area contributed by atoms with E-state index in [1.807, 2.05) is 20.8 Å². The molecule has 6 nitrogen and oxygen atoms in total. The molecule has 0 aromatic rings. The molecule has 2 N–H and O–H groups in total. The zero-order valence-corrected chi connectivity index (χ0v) is 16.0. The van der Waals surface area contributed by atoms with Gasteiger partial charge in [-0.1, -0.05) is 0 Å². The van der Waals surface area contributed by atoms with Gasteiger partial charge in [0.05, 0.1) is 17.8 Å².